The Kier molecular flexibility index (Phi) is 6.82. The zero-order valence-electron chi connectivity index (χ0n) is 17.8. The lowest BCUT2D eigenvalue weighted by atomic mass is 10.1. The maximum Gasteiger partial charge on any atom is 0.209 e. The lowest BCUT2D eigenvalue weighted by Gasteiger charge is -2.10. The largest absolute Gasteiger partial charge is 0.376 e. The molecule has 2 aromatic heterocycles. The maximum atomic E-state index is 13.1. The van der Waals surface area contributed by atoms with E-state index in [0.717, 1.165) is 54.9 Å². The number of ketones is 1. The summed E-state index contributed by atoms with van der Waals surface area (Å²) in [6.45, 7) is 6.11. The molecular weight excluding hydrogens is 417 g/mol. The van der Waals surface area contributed by atoms with Crippen LogP contribution in [0.25, 0.3) is 0 Å². The summed E-state index contributed by atoms with van der Waals surface area (Å²) < 4.78 is 22.6. The number of thioether (sulfide) groups is 1. The zero-order chi connectivity index (χ0) is 21.8. The van der Waals surface area contributed by atoms with Gasteiger partial charge in [-0.3, -0.25) is 4.79 Å². The summed E-state index contributed by atoms with van der Waals surface area (Å²) in [6.07, 6.45) is 2.98. The normalized spacial score (nSPS) is 16.2. The van der Waals surface area contributed by atoms with Gasteiger partial charge in [-0.15, -0.1) is 5.10 Å². The van der Waals surface area contributed by atoms with Gasteiger partial charge in [0.25, 0.3) is 0 Å². The summed E-state index contributed by atoms with van der Waals surface area (Å²) in [6, 6.07) is 8.49. The summed E-state index contributed by atoms with van der Waals surface area (Å²) in [5.74, 6) is 0.0933. The third-order valence-corrected chi connectivity index (χ3v) is 6.60. The minimum absolute atomic E-state index is 0.0535. The highest BCUT2D eigenvalue weighted by Crippen LogP contribution is 2.22. The maximum absolute atomic E-state index is 13.1. The second kappa shape index (κ2) is 9.74. The van der Waals surface area contributed by atoms with E-state index in [1.807, 2.05) is 19.9 Å². The molecule has 1 saturated heterocycles. The van der Waals surface area contributed by atoms with E-state index in [2.05, 4.69) is 20.1 Å². The molecule has 9 heteroatoms. The number of Topliss-reactive ketones (excluding diaryl/α,β-unsaturated/α-hetero) is 1. The van der Waals surface area contributed by atoms with Crippen molar-refractivity contribution in [1.29, 1.82) is 0 Å². The zero-order valence-corrected chi connectivity index (χ0v) is 18.6. The van der Waals surface area contributed by atoms with Crippen LogP contribution in [0.3, 0.4) is 0 Å². The Morgan fingerprint density at radius 2 is 2.10 bits per heavy atom. The Labute approximate surface area is 185 Å². The highest BCUT2D eigenvalue weighted by Gasteiger charge is 2.21. The van der Waals surface area contributed by atoms with Crippen LogP contribution in [0.2, 0.25) is 0 Å². The second-order valence-corrected chi connectivity index (χ2v) is 8.75. The van der Waals surface area contributed by atoms with Crippen molar-refractivity contribution in [3.63, 3.8) is 0 Å². The number of ether oxygens (including phenoxy) is 1. The molecule has 3 aromatic rings. The molecule has 31 heavy (non-hydrogen) atoms. The van der Waals surface area contributed by atoms with E-state index >= 15 is 0 Å². The van der Waals surface area contributed by atoms with Gasteiger partial charge >= 0.3 is 0 Å². The standard InChI is InChI=1S/C22H26FN5O2S/c1-15-12-20(16(2)27(15)10-9-17-5-7-18(23)8-6-17)21(29)14-31-22-24-25-26-28(22)13-19-4-3-11-30-19/h5-8,12,19H,3-4,9-11,13-14H2,1-2H3/t19-/m0/s1. The molecule has 0 saturated carbocycles. The van der Waals surface area contributed by atoms with Gasteiger partial charge in [-0.25, -0.2) is 9.07 Å². The molecule has 0 radical (unpaired) electrons. The van der Waals surface area contributed by atoms with Gasteiger partial charge in [0.15, 0.2) is 5.78 Å². The number of hydrogen-bond acceptors (Lipinski definition) is 6. The van der Waals surface area contributed by atoms with Crippen LogP contribution < -0.4 is 0 Å². The molecule has 4 rings (SSSR count). The van der Waals surface area contributed by atoms with E-state index in [9.17, 15) is 9.18 Å². The van der Waals surface area contributed by atoms with Crippen LogP contribution in [-0.4, -0.2) is 49.0 Å². The number of nitrogens with zero attached hydrogens (tertiary/aromatic N) is 5. The van der Waals surface area contributed by atoms with Gasteiger partial charge in [0, 0.05) is 30.1 Å². The molecule has 1 atom stereocenters. The van der Waals surface area contributed by atoms with Crippen LogP contribution in [0.5, 0.6) is 0 Å². The van der Waals surface area contributed by atoms with Crippen molar-refractivity contribution >= 4 is 17.5 Å². The molecule has 0 unspecified atom stereocenters. The third kappa shape index (κ3) is 5.22. The number of carbonyl (C=O) groups excluding carboxylic acids is 1. The molecule has 1 aliphatic rings. The first-order valence-electron chi connectivity index (χ1n) is 10.5. The van der Waals surface area contributed by atoms with Crippen LogP contribution in [0.4, 0.5) is 4.39 Å². The van der Waals surface area contributed by atoms with Crippen molar-refractivity contribution in [3.05, 3.63) is 58.7 Å². The Balaban J connectivity index is 1.37. The lowest BCUT2D eigenvalue weighted by molar-refractivity contribution is 0.0912. The highest BCUT2D eigenvalue weighted by atomic mass is 32.2. The van der Waals surface area contributed by atoms with Crippen molar-refractivity contribution in [2.45, 2.75) is 57.5 Å². The van der Waals surface area contributed by atoms with Crippen molar-refractivity contribution < 1.29 is 13.9 Å². The molecule has 1 aromatic carbocycles. The number of aromatic nitrogens is 5. The number of halogens is 1. The molecule has 0 spiro atoms. The molecule has 0 aliphatic carbocycles. The topological polar surface area (TPSA) is 74.8 Å². The fraction of sp³-hybridized carbons (Fsp3) is 0.455. The Morgan fingerprint density at radius 3 is 2.84 bits per heavy atom. The third-order valence-electron chi connectivity index (χ3n) is 5.64. The quantitative estimate of drug-likeness (QED) is 0.371. The summed E-state index contributed by atoms with van der Waals surface area (Å²) in [5, 5.41) is 12.5. The Hall–Kier alpha value is -2.52. The van der Waals surface area contributed by atoms with E-state index in [0.29, 0.717) is 11.7 Å². The Bertz CT molecular complexity index is 1040. The monoisotopic (exact) mass is 443 g/mol. The van der Waals surface area contributed by atoms with Gasteiger partial charge < -0.3 is 9.30 Å². The Morgan fingerprint density at radius 1 is 1.29 bits per heavy atom. The molecule has 164 valence electrons. The minimum Gasteiger partial charge on any atom is -0.376 e. The average molecular weight is 444 g/mol. The van der Waals surface area contributed by atoms with Gasteiger partial charge in [0.1, 0.15) is 5.82 Å². The van der Waals surface area contributed by atoms with Crippen LogP contribution in [-0.2, 0) is 24.2 Å². The van der Waals surface area contributed by atoms with E-state index in [-0.39, 0.29) is 23.5 Å². The number of benzene rings is 1. The van der Waals surface area contributed by atoms with E-state index in [4.69, 9.17) is 4.74 Å². The smallest absolute Gasteiger partial charge is 0.209 e. The van der Waals surface area contributed by atoms with Gasteiger partial charge in [-0.05, 0) is 67.3 Å². The number of aryl methyl sites for hydroxylation is 2. The van der Waals surface area contributed by atoms with E-state index in [1.165, 1.54) is 23.9 Å². The predicted octanol–water partition coefficient (Wildman–Crippen LogP) is 3.63. The van der Waals surface area contributed by atoms with Gasteiger partial charge in [-0.2, -0.15) is 0 Å². The molecule has 1 aliphatic heterocycles. The number of rotatable bonds is 9. The second-order valence-electron chi connectivity index (χ2n) is 7.80. The van der Waals surface area contributed by atoms with Gasteiger partial charge in [0.2, 0.25) is 5.16 Å². The highest BCUT2D eigenvalue weighted by molar-refractivity contribution is 7.99. The van der Waals surface area contributed by atoms with E-state index < -0.39 is 0 Å². The summed E-state index contributed by atoms with van der Waals surface area (Å²) in [7, 11) is 0. The van der Waals surface area contributed by atoms with E-state index in [1.54, 1.807) is 16.8 Å². The minimum atomic E-state index is -0.232. The fourth-order valence-corrected chi connectivity index (χ4v) is 4.69. The molecule has 1 fully saturated rings. The van der Waals surface area contributed by atoms with Crippen LogP contribution in [0.15, 0.2) is 35.5 Å². The van der Waals surface area contributed by atoms with Crippen LogP contribution in [0.1, 0.15) is 40.2 Å². The van der Waals surface area contributed by atoms with Crippen LogP contribution in [0, 0.1) is 19.7 Å². The lowest BCUT2D eigenvalue weighted by Crippen LogP contribution is -2.17. The molecular formula is C22H26FN5O2S. The molecule has 0 N–H and O–H groups in total. The summed E-state index contributed by atoms with van der Waals surface area (Å²) in [5.41, 5.74) is 3.78. The number of hydrogen-bond donors (Lipinski definition) is 0. The molecule has 7 nitrogen and oxygen atoms in total. The van der Waals surface area contributed by atoms with Crippen molar-refractivity contribution in [2.75, 3.05) is 12.4 Å². The first-order valence-corrected chi connectivity index (χ1v) is 11.4. The average Bonchev–Trinajstić information content (AvgIpc) is 3.49. The SMILES string of the molecule is Cc1cc(C(=O)CSc2nnnn2C[C@@H]2CCCO2)c(C)n1CCc1ccc(F)cc1. The predicted molar refractivity (Wildman–Crippen MR) is 116 cm³/mol. The van der Waals surface area contributed by atoms with Gasteiger partial charge in [-0.1, -0.05) is 23.9 Å². The number of tetrazole rings is 1. The van der Waals surface area contributed by atoms with Crippen molar-refractivity contribution in [3.8, 4) is 0 Å². The molecule has 0 amide bonds. The van der Waals surface area contributed by atoms with Crippen molar-refractivity contribution in [2.24, 2.45) is 0 Å². The molecule has 0 bridgehead atoms. The summed E-state index contributed by atoms with van der Waals surface area (Å²) in [4.78, 5) is 12.9. The van der Waals surface area contributed by atoms with Gasteiger partial charge in [0.05, 0.1) is 18.4 Å². The number of carbonyl (C=O) groups is 1. The molecule has 3 heterocycles. The summed E-state index contributed by atoms with van der Waals surface area (Å²) >= 11 is 1.35. The first-order chi connectivity index (χ1) is 15.0. The first kappa shape index (κ1) is 21.7. The fourth-order valence-electron chi connectivity index (χ4n) is 3.92. The van der Waals surface area contributed by atoms with Crippen LogP contribution >= 0.6 is 11.8 Å². The van der Waals surface area contributed by atoms with Crippen molar-refractivity contribution in [1.82, 2.24) is 24.8 Å².